The molecule has 1 fully saturated rings. The van der Waals surface area contributed by atoms with Crippen molar-refractivity contribution in [2.75, 3.05) is 6.54 Å². The lowest BCUT2D eigenvalue weighted by molar-refractivity contribution is -0.385. The second-order valence-corrected chi connectivity index (χ2v) is 5.52. The molecule has 0 unspecified atom stereocenters. The molecule has 1 saturated carbocycles. The van der Waals surface area contributed by atoms with Crippen LogP contribution in [0.3, 0.4) is 0 Å². The van der Waals surface area contributed by atoms with Gasteiger partial charge in [-0.2, -0.15) is 0 Å². The van der Waals surface area contributed by atoms with Gasteiger partial charge < -0.3 is 11.1 Å². The van der Waals surface area contributed by atoms with E-state index in [2.05, 4.69) is 5.32 Å². The van der Waals surface area contributed by atoms with Gasteiger partial charge in [0, 0.05) is 12.1 Å². The fourth-order valence-electron chi connectivity index (χ4n) is 2.63. The largest absolute Gasteiger partial charge is 0.350 e. The zero-order chi connectivity index (χ0) is 15.5. The molecule has 6 nitrogen and oxygen atoms in total. The Balaban J connectivity index is 0.00000242. The van der Waals surface area contributed by atoms with Crippen molar-refractivity contribution in [1.29, 1.82) is 0 Å². The van der Waals surface area contributed by atoms with Gasteiger partial charge in [-0.1, -0.05) is 19.3 Å². The molecule has 3 N–H and O–H groups in total. The van der Waals surface area contributed by atoms with E-state index in [4.69, 9.17) is 5.73 Å². The molecule has 0 atom stereocenters. The molecule has 1 aliphatic carbocycles. The summed E-state index contributed by atoms with van der Waals surface area (Å²) in [6, 6.07) is 2.89. The van der Waals surface area contributed by atoms with Crippen LogP contribution in [0.1, 0.15) is 42.5 Å². The molecule has 0 radical (unpaired) electrons. The molecule has 0 spiro atoms. The first kappa shape index (κ1) is 18.3. The molecule has 2 rings (SSSR count). The van der Waals surface area contributed by atoms with E-state index in [9.17, 15) is 19.3 Å². The number of nitro groups is 1. The molecule has 0 heterocycles. The average Bonchev–Trinajstić information content (AvgIpc) is 2.45. The summed E-state index contributed by atoms with van der Waals surface area (Å²) >= 11 is 0. The highest BCUT2D eigenvalue weighted by Crippen LogP contribution is 2.25. The SMILES string of the molecule is Cl.NC1(CNC(=O)c2ccc(F)cc2[N+](=O)[O-])CCCCC1. The first-order valence-electron chi connectivity index (χ1n) is 6.92. The Morgan fingerprint density at radius 2 is 2.00 bits per heavy atom. The first-order valence-corrected chi connectivity index (χ1v) is 6.92. The quantitative estimate of drug-likeness (QED) is 0.654. The number of hydrogen-bond donors (Lipinski definition) is 2. The van der Waals surface area contributed by atoms with E-state index in [0.717, 1.165) is 50.3 Å². The number of nitrogens with zero attached hydrogens (tertiary/aromatic N) is 1. The molecule has 22 heavy (non-hydrogen) atoms. The van der Waals surface area contributed by atoms with E-state index in [1.807, 2.05) is 0 Å². The van der Waals surface area contributed by atoms with E-state index in [1.165, 1.54) is 0 Å². The first-order chi connectivity index (χ1) is 9.91. The second-order valence-electron chi connectivity index (χ2n) is 5.52. The summed E-state index contributed by atoms with van der Waals surface area (Å²) in [7, 11) is 0. The molecular formula is C14H19ClFN3O3. The number of benzene rings is 1. The zero-order valence-corrected chi connectivity index (χ0v) is 12.8. The fourth-order valence-corrected chi connectivity index (χ4v) is 2.63. The smallest absolute Gasteiger partial charge is 0.285 e. The van der Waals surface area contributed by atoms with Gasteiger partial charge >= 0.3 is 0 Å². The highest BCUT2D eigenvalue weighted by molar-refractivity contribution is 5.98. The maximum absolute atomic E-state index is 13.1. The van der Waals surface area contributed by atoms with Crippen LogP contribution in [0.15, 0.2) is 18.2 Å². The van der Waals surface area contributed by atoms with Crippen LogP contribution < -0.4 is 11.1 Å². The lowest BCUT2D eigenvalue weighted by Gasteiger charge is -2.33. The van der Waals surface area contributed by atoms with Crippen molar-refractivity contribution in [3.05, 3.63) is 39.7 Å². The molecule has 0 bridgehead atoms. The normalized spacial score (nSPS) is 16.5. The third kappa shape index (κ3) is 4.38. The lowest BCUT2D eigenvalue weighted by Crippen LogP contribution is -2.51. The second kappa shape index (κ2) is 7.51. The lowest BCUT2D eigenvalue weighted by atomic mass is 9.82. The maximum atomic E-state index is 13.1. The fraction of sp³-hybridized carbons (Fsp3) is 0.500. The van der Waals surface area contributed by atoms with Gasteiger partial charge in [0.2, 0.25) is 0 Å². The predicted molar refractivity (Wildman–Crippen MR) is 82.6 cm³/mol. The van der Waals surface area contributed by atoms with Gasteiger partial charge in [-0.25, -0.2) is 4.39 Å². The molecule has 8 heteroatoms. The van der Waals surface area contributed by atoms with Crippen molar-refractivity contribution in [3.63, 3.8) is 0 Å². The standard InChI is InChI=1S/C14H18FN3O3.ClH/c15-10-4-5-11(12(8-10)18(20)21)13(19)17-9-14(16)6-2-1-3-7-14;/h4-5,8H,1-3,6-7,9,16H2,(H,17,19);1H. The van der Waals surface area contributed by atoms with Crippen molar-refractivity contribution < 1.29 is 14.1 Å². The molecule has 0 saturated heterocycles. The summed E-state index contributed by atoms with van der Waals surface area (Å²) in [5.74, 6) is -1.35. The summed E-state index contributed by atoms with van der Waals surface area (Å²) in [6.07, 6.45) is 4.81. The third-order valence-electron chi connectivity index (χ3n) is 3.85. The van der Waals surface area contributed by atoms with E-state index >= 15 is 0 Å². The van der Waals surface area contributed by atoms with Crippen LogP contribution >= 0.6 is 12.4 Å². The zero-order valence-electron chi connectivity index (χ0n) is 12.0. The number of nitrogens with one attached hydrogen (secondary N) is 1. The highest BCUT2D eigenvalue weighted by atomic mass is 35.5. The van der Waals surface area contributed by atoms with Crippen LogP contribution in [0.4, 0.5) is 10.1 Å². The van der Waals surface area contributed by atoms with E-state index in [-0.39, 0.29) is 24.5 Å². The Labute approximate surface area is 133 Å². The van der Waals surface area contributed by atoms with Crippen molar-refractivity contribution in [1.82, 2.24) is 5.32 Å². The van der Waals surface area contributed by atoms with Crippen molar-refractivity contribution in [2.24, 2.45) is 5.73 Å². The van der Waals surface area contributed by atoms with E-state index < -0.39 is 27.9 Å². The van der Waals surface area contributed by atoms with Crippen molar-refractivity contribution >= 4 is 24.0 Å². The Bertz CT molecular complexity index is 562. The van der Waals surface area contributed by atoms with Crippen LogP contribution in [0.5, 0.6) is 0 Å². The van der Waals surface area contributed by atoms with Crippen molar-refractivity contribution in [2.45, 2.75) is 37.6 Å². The summed E-state index contributed by atoms with van der Waals surface area (Å²) in [4.78, 5) is 22.2. The molecule has 122 valence electrons. The van der Waals surface area contributed by atoms with Gasteiger partial charge in [0.1, 0.15) is 11.4 Å². The maximum Gasteiger partial charge on any atom is 0.285 e. The van der Waals surface area contributed by atoms with Crippen LogP contribution in [0.2, 0.25) is 0 Å². The number of carbonyl (C=O) groups excluding carboxylic acids is 1. The van der Waals surface area contributed by atoms with Gasteiger partial charge in [0.15, 0.2) is 0 Å². The van der Waals surface area contributed by atoms with Gasteiger partial charge in [-0.05, 0) is 25.0 Å². The van der Waals surface area contributed by atoms with Crippen molar-refractivity contribution in [3.8, 4) is 0 Å². The van der Waals surface area contributed by atoms with Crippen LogP contribution in [-0.4, -0.2) is 22.9 Å². The predicted octanol–water partition coefficient (Wildman–Crippen LogP) is 2.55. The number of halogens is 2. The van der Waals surface area contributed by atoms with Crippen LogP contribution in [0.25, 0.3) is 0 Å². The number of nitro benzene ring substituents is 1. The number of rotatable bonds is 4. The minimum atomic E-state index is -0.767. The Hall–Kier alpha value is -1.73. The molecule has 1 aliphatic rings. The summed E-state index contributed by atoms with van der Waals surface area (Å²) in [6.45, 7) is 0.264. The monoisotopic (exact) mass is 331 g/mol. The Kier molecular flexibility index (Phi) is 6.25. The number of carbonyl (C=O) groups is 1. The van der Waals surface area contributed by atoms with Crippen LogP contribution in [-0.2, 0) is 0 Å². The van der Waals surface area contributed by atoms with Gasteiger partial charge in [0.25, 0.3) is 11.6 Å². The molecular weight excluding hydrogens is 313 g/mol. The third-order valence-corrected chi connectivity index (χ3v) is 3.85. The topological polar surface area (TPSA) is 98.3 Å². The molecule has 1 aromatic carbocycles. The summed E-state index contributed by atoms with van der Waals surface area (Å²) in [5.41, 5.74) is 5.05. The van der Waals surface area contributed by atoms with Crippen LogP contribution in [0, 0.1) is 15.9 Å². The summed E-state index contributed by atoms with van der Waals surface area (Å²) < 4.78 is 13.1. The van der Waals surface area contributed by atoms with Gasteiger partial charge in [0.05, 0.1) is 11.0 Å². The Morgan fingerprint density at radius 3 is 2.59 bits per heavy atom. The molecule has 1 amide bonds. The number of nitrogens with two attached hydrogens (primary N) is 1. The summed E-state index contributed by atoms with van der Waals surface area (Å²) in [5, 5.41) is 13.5. The number of amides is 1. The minimum Gasteiger partial charge on any atom is -0.350 e. The van der Waals surface area contributed by atoms with Gasteiger partial charge in [-0.3, -0.25) is 14.9 Å². The average molecular weight is 332 g/mol. The Morgan fingerprint density at radius 1 is 1.36 bits per heavy atom. The van der Waals surface area contributed by atoms with E-state index in [0.29, 0.717) is 0 Å². The van der Waals surface area contributed by atoms with E-state index in [1.54, 1.807) is 0 Å². The molecule has 0 aromatic heterocycles. The highest BCUT2D eigenvalue weighted by Gasteiger charge is 2.29. The van der Waals surface area contributed by atoms with Gasteiger partial charge in [-0.15, -0.1) is 12.4 Å². The minimum absolute atomic E-state index is 0. The molecule has 1 aromatic rings. The number of hydrogen-bond acceptors (Lipinski definition) is 4. The molecule has 0 aliphatic heterocycles.